The van der Waals surface area contributed by atoms with Crippen molar-refractivity contribution < 1.29 is 9.18 Å². The first kappa shape index (κ1) is 13.7. The number of nitrogens with one attached hydrogen (secondary N) is 1. The topological polar surface area (TPSA) is 42.0 Å². The van der Waals surface area contributed by atoms with E-state index in [4.69, 9.17) is 0 Å². The minimum absolute atomic E-state index is 0.237. The third-order valence-corrected chi connectivity index (χ3v) is 3.40. The zero-order chi connectivity index (χ0) is 13.7. The average Bonchev–Trinajstić information content (AvgIpc) is 2.43. The van der Waals surface area contributed by atoms with Crippen LogP contribution in [0.4, 0.5) is 4.39 Å². The van der Waals surface area contributed by atoms with E-state index in [1.807, 2.05) is 0 Å². The Morgan fingerprint density at radius 2 is 2.32 bits per heavy atom. The van der Waals surface area contributed by atoms with Gasteiger partial charge in [0.2, 0.25) is 0 Å². The van der Waals surface area contributed by atoms with Crippen LogP contribution >= 0.6 is 0 Å². The zero-order valence-corrected chi connectivity index (χ0v) is 11.2. The van der Waals surface area contributed by atoms with Gasteiger partial charge < -0.3 is 5.32 Å². The number of amides is 1. The first-order valence-electron chi connectivity index (χ1n) is 6.75. The third-order valence-electron chi connectivity index (χ3n) is 3.40. The molecule has 4 heteroatoms. The molecular formula is C15H19FN2O. The number of hydrogen-bond donors (Lipinski definition) is 1. The van der Waals surface area contributed by atoms with Gasteiger partial charge in [0.05, 0.1) is 6.20 Å². The first-order valence-corrected chi connectivity index (χ1v) is 6.75. The van der Waals surface area contributed by atoms with Crippen LogP contribution in [0.25, 0.3) is 0 Å². The van der Waals surface area contributed by atoms with Crippen LogP contribution in [0.5, 0.6) is 0 Å². The molecule has 1 amide bonds. The molecule has 102 valence electrons. The number of halogens is 1. The van der Waals surface area contributed by atoms with Crippen molar-refractivity contribution in [3.8, 4) is 0 Å². The van der Waals surface area contributed by atoms with E-state index in [2.05, 4.69) is 16.4 Å². The van der Waals surface area contributed by atoms with Gasteiger partial charge in [0, 0.05) is 6.54 Å². The van der Waals surface area contributed by atoms with Crippen molar-refractivity contribution in [2.45, 2.75) is 39.0 Å². The maximum absolute atomic E-state index is 13.1. The molecule has 1 aromatic heterocycles. The molecule has 1 aliphatic rings. The Morgan fingerprint density at radius 3 is 3.00 bits per heavy atom. The number of pyridine rings is 1. The largest absolute Gasteiger partial charge is 0.350 e. The lowest BCUT2D eigenvalue weighted by molar-refractivity contribution is 0.0949. The molecule has 1 aliphatic carbocycles. The van der Waals surface area contributed by atoms with Crippen LogP contribution in [0.3, 0.4) is 0 Å². The number of allylic oxidation sites excluding steroid dienone is 1. The van der Waals surface area contributed by atoms with Crippen molar-refractivity contribution in [1.82, 2.24) is 10.3 Å². The average molecular weight is 262 g/mol. The van der Waals surface area contributed by atoms with Crippen LogP contribution in [0.2, 0.25) is 0 Å². The fraction of sp³-hybridized carbons (Fsp3) is 0.467. The number of aromatic nitrogens is 1. The monoisotopic (exact) mass is 262 g/mol. The summed E-state index contributed by atoms with van der Waals surface area (Å²) in [6, 6.07) is 1.48. The molecule has 1 heterocycles. The van der Waals surface area contributed by atoms with Crippen molar-refractivity contribution in [2.24, 2.45) is 0 Å². The first-order chi connectivity index (χ1) is 9.16. The Kier molecular flexibility index (Phi) is 4.66. The van der Waals surface area contributed by atoms with Gasteiger partial charge in [-0.05, 0) is 50.7 Å². The summed E-state index contributed by atoms with van der Waals surface area (Å²) < 4.78 is 13.1. The Morgan fingerprint density at radius 1 is 1.47 bits per heavy atom. The van der Waals surface area contributed by atoms with E-state index < -0.39 is 0 Å². The molecule has 19 heavy (non-hydrogen) atoms. The lowest BCUT2D eigenvalue weighted by Gasteiger charge is -2.12. The molecule has 0 saturated heterocycles. The molecule has 0 radical (unpaired) electrons. The highest BCUT2D eigenvalue weighted by Gasteiger charge is 2.09. The van der Waals surface area contributed by atoms with Crippen LogP contribution in [-0.2, 0) is 0 Å². The second-order valence-corrected chi connectivity index (χ2v) is 4.93. The molecule has 0 fully saturated rings. The summed E-state index contributed by atoms with van der Waals surface area (Å²) in [7, 11) is 0. The highest BCUT2D eigenvalue weighted by atomic mass is 19.1. The number of rotatable bonds is 4. The van der Waals surface area contributed by atoms with Crippen LogP contribution in [0.1, 0.15) is 48.2 Å². The Labute approximate surface area is 112 Å². The minimum Gasteiger partial charge on any atom is -0.350 e. The summed E-state index contributed by atoms with van der Waals surface area (Å²) in [6.07, 6.45) is 9.08. The van der Waals surface area contributed by atoms with Gasteiger partial charge in [-0.25, -0.2) is 9.37 Å². The summed E-state index contributed by atoms with van der Waals surface area (Å²) in [5, 5.41) is 2.83. The van der Waals surface area contributed by atoms with Gasteiger partial charge in [0.1, 0.15) is 11.5 Å². The Balaban J connectivity index is 1.83. The number of carbonyl (C=O) groups is 1. The summed E-state index contributed by atoms with van der Waals surface area (Å²) >= 11 is 0. The van der Waals surface area contributed by atoms with Crippen LogP contribution in [-0.4, -0.2) is 17.4 Å². The van der Waals surface area contributed by atoms with Gasteiger partial charge in [-0.15, -0.1) is 0 Å². The smallest absolute Gasteiger partial charge is 0.269 e. The number of carbonyl (C=O) groups excluding carboxylic acids is 1. The van der Waals surface area contributed by atoms with Crippen molar-refractivity contribution in [2.75, 3.05) is 6.54 Å². The Bertz CT molecular complexity index is 497. The fourth-order valence-electron chi connectivity index (χ4n) is 2.22. The second-order valence-electron chi connectivity index (χ2n) is 4.93. The van der Waals surface area contributed by atoms with Gasteiger partial charge in [-0.3, -0.25) is 4.79 Å². The lowest BCUT2D eigenvalue weighted by atomic mass is 9.97. The van der Waals surface area contributed by atoms with Crippen LogP contribution in [0, 0.1) is 12.7 Å². The number of nitrogens with zero attached hydrogens (tertiary/aromatic N) is 1. The van der Waals surface area contributed by atoms with Crippen molar-refractivity contribution >= 4 is 5.91 Å². The molecule has 0 spiro atoms. The fourth-order valence-corrected chi connectivity index (χ4v) is 2.22. The highest BCUT2D eigenvalue weighted by Crippen LogP contribution is 2.19. The highest BCUT2D eigenvalue weighted by molar-refractivity contribution is 5.92. The van der Waals surface area contributed by atoms with Gasteiger partial charge in [0.25, 0.3) is 5.91 Å². The van der Waals surface area contributed by atoms with Gasteiger partial charge in [-0.1, -0.05) is 11.6 Å². The van der Waals surface area contributed by atoms with Crippen molar-refractivity contribution in [3.05, 3.63) is 41.0 Å². The van der Waals surface area contributed by atoms with E-state index in [1.54, 1.807) is 6.92 Å². The molecule has 2 rings (SSSR count). The van der Waals surface area contributed by atoms with E-state index in [9.17, 15) is 9.18 Å². The summed E-state index contributed by atoms with van der Waals surface area (Å²) in [6.45, 7) is 2.24. The molecule has 1 N–H and O–H groups in total. The normalized spacial score (nSPS) is 14.9. The van der Waals surface area contributed by atoms with E-state index in [-0.39, 0.29) is 17.4 Å². The zero-order valence-electron chi connectivity index (χ0n) is 11.2. The van der Waals surface area contributed by atoms with Crippen LogP contribution in [0.15, 0.2) is 23.9 Å². The maximum Gasteiger partial charge on any atom is 0.269 e. The Hall–Kier alpha value is -1.71. The third kappa shape index (κ3) is 3.88. The van der Waals surface area contributed by atoms with E-state index in [0.717, 1.165) is 25.5 Å². The molecule has 0 bridgehead atoms. The van der Waals surface area contributed by atoms with Crippen molar-refractivity contribution in [3.63, 3.8) is 0 Å². The predicted octanol–water partition coefficient (Wildman–Crippen LogP) is 3.15. The molecule has 0 atom stereocenters. The quantitative estimate of drug-likeness (QED) is 0.847. The second kappa shape index (κ2) is 6.45. The number of hydrogen-bond acceptors (Lipinski definition) is 2. The molecular weight excluding hydrogens is 243 g/mol. The summed E-state index contributed by atoms with van der Waals surface area (Å²) in [5.41, 5.74) is 2.14. The van der Waals surface area contributed by atoms with Gasteiger partial charge >= 0.3 is 0 Å². The molecule has 3 nitrogen and oxygen atoms in total. The molecule has 0 saturated carbocycles. The summed E-state index contributed by atoms with van der Waals surface area (Å²) in [5.74, 6) is -0.622. The SMILES string of the molecule is Cc1cc(C(=O)NCCC2=CCCCC2)ncc1F. The van der Waals surface area contributed by atoms with E-state index in [0.29, 0.717) is 12.1 Å². The number of aryl methyl sites for hydroxylation is 1. The molecule has 0 aliphatic heterocycles. The van der Waals surface area contributed by atoms with Crippen LogP contribution < -0.4 is 5.32 Å². The van der Waals surface area contributed by atoms with E-state index >= 15 is 0 Å². The minimum atomic E-state index is -0.385. The molecule has 1 aromatic rings. The standard InChI is InChI=1S/C15H19FN2O/c1-11-9-14(18-10-13(11)16)15(19)17-8-7-12-5-3-2-4-6-12/h5,9-10H,2-4,6-8H2,1H3,(H,17,19). The lowest BCUT2D eigenvalue weighted by Crippen LogP contribution is -2.26. The predicted molar refractivity (Wildman–Crippen MR) is 72.4 cm³/mol. The van der Waals surface area contributed by atoms with E-state index in [1.165, 1.54) is 24.5 Å². The van der Waals surface area contributed by atoms with Gasteiger partial charge in [-0.2, -0.15) is 0 Å². The molecule has 0 unspecified atom stereocenters. The molecule has 0 aromatic carbocycles. The van der Waals surface area contributed by atoms with Gasteiger partial charge in [0.15, 0.2) is 0 Å². The maximum atomic E-state index is 13.1. The van der Waals surface area contributed by atoms with Crippen molar-refractivity contribution in [1.29, 1.82) is 0 Å². The summed E-state index contributed by atoms with van der Waals surface area (Å²) in [4.78, 5) is 15.6.